The third kappa shape index (κ3) is 4.20. The number of aliphatic imine (C=N–C) groups is 1. The van der Waals surface area contributed by atoms with Gasteiger partial charge in [-0.3, -0.25) is 14.5 Å². The fourth-order valence-electron chi connectivity index (χ4n) is 3.38. The molecule has 0 spiro atoms. The highest BCUT2D eigenvalue weighted by Gasteiger charge is 2.23. The van der Waals surface area contributed by atoms with E-state index in [9.17, 15) is 4.79 Å². The van der Waals surface area contributed by atoms with Crippen molar-refractivity contribution in [3.63, 3.8) is 0 Å². The van der Waals surface area contributed by atoms with Crippen molar-refractivity contribution in [2.24, 2.45) is 4.99 Å². The van der Waals surface area contributed by atoms with E-state index < -0.39 is 5.92 Å². The van der Waals surface area contributed by atoms with Crippen LogP contribution in [0, 0.1) is 0 Å². The first-order chi connectivity index (χ1) is 15.8. The Hall–Kier alpha value is -4.46. The van der Waals surface area contributed by atoms with E-state index in [4.69, 9.17) is 9.62 Å². The van der Waals surface area contributed by atoms with Gasteiger partial charge in [0.05, 0.1) is 6.54 Å². The van der Waals surface area contributed by atoms with Crippen LogP contribution >= 0.6 is 0 Å². The summed E-state index contributed by atoms with van der Waals surface area (Å²) in [5, 5.41) is 8.70. The highest BCUT2D eigenvalue weighted by Crippen LogP contribution is 2.24. The summed E-state index contributed by atoms with van der Waals surface area (Å²) in [4.78, 5) is 24.2. The Morgan fingerprint density at radius 1 is 1.09 bits per heavy atom. The van der Waals surface area contributed by atoms with Gasteiger partial charge >= 0.3 is 0 Å². The molecule has 0 fully saturated rings. The minimum absolute atomic E-state index is 0.287. The first-order valence-corrected chi connectivity index (χ1v) is 10.0. The van der Waals surface area contributed by atoms with E-state index >= 15 is 0 Å². The Bertz CT molecular complexity index is 1320. The molecule has 1 aromatic carbocycles. The maximum Gasteiger partial charge on any atom is 0.260 e. The quantitative estimate of drug-likeness (QED) is 0.469. The van der Waals surface area contributed by atoms with E-state index in [1.165, 1.54) is 6.21 Å². The summed E-state index contributed by atoms with van der Waals surface area (Å²) >= 11 is 0. The summed E-state index contributed by atoms with van der Waals surface area (Å²) in [6, 6.07) is 14.0. The number of carbonyl (C=O) groups is 1. The van der Waals surface area contributed by atoms with Gasteiger partial charge in [0.25, 0.3) is 11.8 Å². The maximum absolute atomic E-state index is 11.9. The number of nitrogens with zero attached hydrogens (tertiary/aromatic N) is 6. The largest absolute Gasteiger partial charge is 0.335 e. The first-order valence-electron chi connectivity index (χ1n) is 10.0. The number of amides is 1. The standard InChI is InChI=1S/C24H18N6O2/c31-24-20(9-5-13-26-24)23-27-21(32-29-23)11-10-19-16-30(15-17-6-2-1-3-7-17)28-22(19)18-8-4-12-25-14-18/h1-14,16,20H,15H2. The van der Waals surface area contributed by atoms with Crippen LogP contribution in [0.2, 0.25) is 0 Å². The van der Waals surface area contributed by atoms with Gasteiger partial charge in [-0.1, -0.05) is 41.6 Å². The number of allylic oxidation sites excluding steroid dienone is 1. The minimum Gasteiger partial charge on any atom is -0.335 e. The van der Waals surface area contributed by atoms with Crippen molar-refractivity contribution >= 4 is 24.3 Å². The number of carbonyl (C=O) groups excluding carboxylic acids is 1. The molecule has 1 atom stereocenters. The molecule has 1 aliphatic heterocycles. The van der Waals surface area contributed by atoms with Gasteiger partial charge in [-0.2, -0.15) is 10.1 Å². The van der Waals surface area contributed by atoms with E-state index in [0.29, 0.717) is 12.4 Å². The zero-order valence-electron chi connectivity index (χ0n) is 16.9. The van der Waals surface area contributed by atoms with E-state index in [1.807, 2.05) is 47.3 Å². The predicted molar refractivity (Wildman–Crippen MR) is 120 cm³/mol. The van der Waals surface area contributed by atoms with Crippen molar-refractivity contribution in [2.75, 3.05) is 0 Å². The summed E-state index contributed by atoms with van der Waals surface area (Å²) in [7, 11) is 0. The number of aromatic nitrogens is 5. The Morgan fingerprint density at radius 3 is 2.81 bits per heavy atom. The number of pyridine rings is 1. The first kappa shape index (κ1) is 19.5. The third-order valence-electron chi connectivity index (χ3n) is 4.91. The van der Waals surface area contributed by atoms with E-state index in [-0.39, 0.29) is 11.7 Å². The molecule has 1 aliphatic rings. The summed E-state index contributed by atoms with van der Waals surface area (Å²) in [6.07, 6.45) is 13.9. The Morgan fingerprint density at radius 2 is 2.00 bits per heavy atom. The van der Waals surface area contributed by atoms with E-state index in [0.717, 1.165) is 22.4 Å². The Labute approximate surface area is 183 Å². The van der Waals surface area contributed by atoms with Crippen LogP contribution in [-0.2, 0) is 11.3 Å². The number of rotatable bonds is 6. The lowest BCUT2D eigenvalue weighted by molar-refractivity contribution is -0.118. The molecule has 32 heavy (non-hydrogen) atoms. The average molecular weight is 422 g/mol. The number of hydrogen-bond acceptors (Lipinski definition) is 6. The smallest absolute Gasteiger partial charge is 0.260 e. The van der Waals surface area contributed by atoms with Gasteiger partial charge < -0.3 is 4.52 Å². The second-order valence-electron chi connectivity index (χ2n) is 7.16. The topological polar surface area (TPSA) is 99.1 Å². The van der Waals surface area contributed by atoms with Crippen molar-refractivity contribution in [1.29, 1.82) is 0 Å². The molecule has 1 unspecified atom stereocenters. The summed E-state index contributed by atoms with van der Waals surface area (Å²) in [5.74, 6) is -0.353. The number of benzene rings is 1. The van der Waals surface area contributed by atoms with Gasteiger partial charge in [0.2, 0.25) is 0 Å². The van der Waals surface area contributed by atoms with Gasteiger partial charge in [-0.05, 0) is 29.8 Å². The fourth-order valence-corrected chi connectivity index (χ4v) is 3.38. The van der Waals surface area contributed by atoms with Crippen LogP contribution in [0.5, 0.6) is 0 Å². The fraction of sp³-hybridized carbons (Fsp3) is 0.0833. The molecule has 4 heterocycles. The molecule has 5 rings (SSSR count). The molecule has 1 amide bonds. The van der Waals surface area contributed by atoms with Crippen LogP contribution in [-0.4, -0.2) is 37.0 Å². The predicted octanol–water partition coefficient (Wildman–Crippen LogP) is 3.80. The van der Waals surface area contributed by atoms with Crippen LogP contribution in [0.25, 0.3) is 23.4 Å². The zero-order chi connectivity index (χ0) is 21.8. The molecule has 3 aromatic heterocycles. The highest BCUT2D eigenvalue weighted by atomic mass is 16.5. The van der Waals surface area contributed by atoms with Crippen LogP contribution in [0.3, 0.4) is 0 Å². The lowest BCUT2D eigenvalue weighted by atomic mass is 10.1. The number of hydrogen-bond donors (Lipinski definition) is 0. The molecule has 0 N–H and O–H groups in total. The van der Waals surface area contributed by atoms with Crippen LogP contribution < -0.4 is 0 Å². The van der Waals surface area contributed by atoms with Crippen LogP contribution in [0.1, 0.15) is 28.8 Å². The molecule has 0 aliphatic carbocycles. The molecule has 0 saturated carbocycles. The van der Waals surface area contributed by atoms with Crippen molar-refractivity contribution < 1.29 is 9.32 Å². The summed E-state index contributed by atoms with van der Waals surface area (Å²) in [5.41, 5.74) is 3.73. The van der Waals surface area contributed by atoms with Gasteiger partial charge in [-0.25, -0.2) is 4.99 Å². The van der Waals surface area contributed by atoms with E-state index in [2.05, 4.69) is 32.2 Å². The number of dihydropyridines is 1. The maximum atomic E-state index is 11.9. The highest BCUT2D eigenvalue weighted by molar-refractivity contribution is 5.96. The van der Waals surface area contributed by atoms with Crippen molar-refractivity contribution in [3.8, 4) is 11.3 Å². The van der Waals surface area contributed by atoms with Gasteiger partial charge in [0.15, 0.2) is 5.82 Å². The lowest BCUT2D eigenvalue weighted by Crippen LogP contribution is -2.12. The monoisotopic (exact) mass is 422 g/mol. The molecule has 8 nitrogen and oxygen atoms in total. The zero-order valence-corrected chi connectivity index (χ0v) is 16.9. The molecular weight excluding hydrogens is 404 g/mol. The Balaban J connectivity index is 1.43. The molecule has 8 heteroatoms. The Kier molecular flexibility index (Phi) is 5.32. The molecule has 156 valence electrons. The van der Waals surface area contributed by atoms with Crippen molar-refractivity contribution in [2.45, 2.75) is 12.5 Å². The van der Waals surface area contributed by atoms with Crippen molar-refractivity contribution in [3.05, 3.63) is 96.0 Å². The molecule has 4 aromatic rings. The summed E-state index contributed by atoms with van der Waals surface area (Å²) in [6.45, 7) is 0.642. The van der Waals surface area contributed by atoms with Gasteiger partial charge in [-0.15, -0.1) is 0 Å². The SMILES string of the molecule is O=C1N=CC=CC1c1noc(C=Cc2cn(Cc3ccccc3)nc2-c2cccnc2)n1. The average Bonchev–Trinajstić information content (AvgIpc) is 3.46. The second-order valence-corrected chi connectivity index (χ2v) is 7.16. The third-order valence-corrected chi connectivity index (χ3v) is 4.91. The molecule has 0 saturated heterocycles. The normalized spacial score (nSPS) is 15.6. The van der Waals surface area contributed by atoms with Gasteiger partial charge in [0.1, 0.15) is 11.6 Å². The van der Waals surface area contributed by atoms with Crippen molar-refractivity contribution in [1.82, 2.24) is 24.9 Å². The lowest BCUT2D eigenvalue weighted by Gasteiger charge is -2.04. The summed E-state index contributed by atoms with van der Waals surface area (Å²) < 4.78 is 7.20. The second kappa shape index (κ2) is 8.73. The van der Waals surface area contributed by atoms with E-state index in [1.54, 1.807) is 30.6 Å². The molecule has 0 radical (unpaired) electrons. The minimum atomic E-state index is -0.620. The molecular formula is C24H18N6O2. The van der Waals surface area contributed by atoms with Crippen LogP contribution in [0.4, 0.5) is 0 Å². The van der Waals surface area contributed by atoms with Crippen LogP contribution in [0.15, 0.2) is 82.7 Å². The van der Waals surface area contributed by atoms with Gasteiger partial charge in [0, 0.05) is 42.0 Å². The molecule has 0 bridgehead atoms.